The van der Waals surface area contributed by atoms with Crippen molar-refractivity contribution >= 4 is 82.6 Å². The zero-order valence-corrected chi connectivity index (χ0v) is 60.6. The van der Waals surface area contributed by atoms with Gasteiger partial charge in [-0.2, -0.15) is 0 Å². The highest BCUT2D eigenvalue weighted by atomic mass is 35.5. The number of unbranched alkanes of at least 4 members (excludes halogenated alkanes) is 5. The summed E-state index contributed by atoms with van der Waals surface area (Å²) in [6.07, 6.45) is 3.73. The lowest BCUT2D eigenvalue weighted by Crippen LogP contribution is -2.59. The zero-order valence-electron chi connectivity index (χ0n) is 59.1. The van der Waals surface area contributed by atoms with Crippen molar-refractivity contribution in [2.45, 2.75) is 172 Å². The summed E-state index contributed by atoms with van der Waals surface area (Å²) in [4.78, 5) is 149. The van der Waals surface area contributed by atoms with Crippen LogP contribution in [0.2, 0.25) is 10.0 Å². The van der Waals surface area contributed by atoms with Crippen LogP contribution in [-0.4, -0.2) is 135 Å². The van der Waals surface area contributed by atoms with Crippen LogP contribution >= 0.6 is 23.2 Å². The molecule has 11 amide bonds. The van der Waals surface area contributed by atoms with Crippen LogP contribution in [0.5, 0.6) is 46.0 Å². The van der Waals surface area contributed by atoms with Crippen LogP contribution in [0.15, 0.2) is 78.9 Å². The number of likely N-dealkylation sites (N-methyl/N-ethyl adjacent to an activating group) is 1. The third kappa shape index (κ3) is 17.6. The molecule has 4 unspecified atom stereocenters. The molecule has 5 aromatic carbocycles. The van der Waals surface area contributed by atoms with E-state index in [1.807, 2.05) is 13.8 Å². The average Bonchev–Trinajstić information content (AvgIpc) is 0.757. The quantitative estimate of drug-likeness (QED) is 0.0381. The lowest BCUT2D eigenvalue weighted by molar-refractivity contribution is -0.138. The molecule has 29 nitrogen and oxygen atoms in total. The number of urea groups is 1. The van der Waals surface area contributed by atoms with Crippen LogP contribution < -0.4 is 72.7 Å². The number of aliphatic hydroxyl groups excluding tert-OH is 2. The van der Waals surface area contributed by atoms with Crippen molar-refractivity contribution in [3.8, 4) is 57.1 Å². The van der Waals surface area contributed by atoms with Gasteiger partial charge in [-0.3, -0.25) is 43.7 Å². The summed E-state index contributed by atoms with van der Waals surface area (Å²) in [6.45, 7) is 7.52. The Kier molecular flexibility index (Phi) is 24.5. The summed E-state index contributed by atoms with van der Waals surface area (Å²) < 4.78 is 18.9. The molecule has 0 radical (unpaired) electrons. The second kappa shape index (κ2) is 33.7. The monoisotopic (exact) mass is 1500 g/mol. The molecule has 9 aliphatic rings. The van der Waals surface area contributed by atoms with Crippen LogP contribution in [0.25, 0.3) is 11.1 Å². The first-order valence-electron chi connectivity index (χ1n) is 35.9. The molecule has 5 heterocycles. The molecule has 4 fully saturated rings. The molecular formula is C75H89Cl2N11O18. The van der Waals surface area contributed by atoms with Gasteiger partial charge < -0.3 is 92.9 Å². The van der Waals surface area contributed by atoms with Crippen LogP contribution in [0.1, 0.15) is 169 Å². The minimum atomic E-state index is -2.26. The maximum absolute atomic E-state index is 16.2. The van der Waals surface area contributed by atoms with Gasteiger partial charge in [-0.25, -0.2) is 9.59 Å². The summed E-state index contributed by atoms with van der Waals surface area (Å²) in [5, 5.41) is 88.5. The van der Waals surface area contributed by atoms with Gasteiger partial charge in [0.25, 0.3) is 0 Å². The Bertz CT molecular complexity index is 4210. The SMILES string of the molecule is CCCCCCCCNC(=O)NC(=O)CC1NC(=O)C(NC(=O)[C@@H](CC(C)C)NC)[C@H](O)c2ccc(c(Cl)c2)Oc2cc3cc(c2OC(=O)NCC)Oc2ccc(cc2Cl)[C@@H](O)[C@@H]2NC(=O)[C@H](NC(=O)C3NC1=O)c1ccc(O)c(c1)-c1c(O)cc(O)cc1C(C(=O)NC1C3CC4CC(C3)CC1C4)NC2=O. The molecule has 0 spiro atoms. The number of imide groups is 1. The fourth-order valence-corrected chi connectivity index (χ4v) is 15.9. The molecule has 0 saturated heterocycles. The number of aromatic hydroxyl groups is 3. The Morgan fingerprint density at radius 2 is 1.22 bits per heavy atom. The smallest absolute Gasteiger partial charge is 0.412 e. The molecule has 16 N–H and O–H groups in total. The Balaban J connectivity index is 1.08. The molecule has 9 atom stereocenters. The number of ether oxygens (including phenoxy) is 3. The summed E-state index contributed by atoms with van der Waals surface area (Å²) >= 11 is 14.1. The molecule has 566 valence electrons. The molecule has 4 saturated carbocycles. The highest BCUT2D eigenvalue weighted by Crippen LogP contribution is 2.55. The molecule has 4 aliphatic carbocycles. The van der Waals surface area contributed by atoms with Gasteiger partial charge in [-0.15, -0.1) is 0 Å². The zero-order chi connectivity index (χ0) is 75.9. The lowest BCUT2D eigenvalue weighted by Gasteiger charge is -2.54. The number of halogens is 2. The van der Waals surface area contributed by atoms with Gasteiger partial charge in [0.1, 0.15) is 77.2 Å². The van der Waals surface area contributed by atoms with Crippen molar-refractivity contribution in [2.24, 2.45) is 29.6 Å². The lowest BCUT2D eigenvalue weighted by atomic mass is 9.54. The largest absolute Gasteiger partial charge is 0.508 e. The molecular weight excluding hydrogens is 1410 g/mol. The number of hydrogen-bond donors (Lipinski definition) is 16. The number of hydrogen-bond acceptors (Lipinski definition) is 19. The maximum Gasteiger partial charge on any atom is 0.412 e. The van der Waals surface area contributed by atoms with Crippen LogP contribution in [0, 0.1) is 29.6 Å². The fourth-order valence-electron chi connectivity index (χ4n) is 15.4. The van der Waals surface area contributed by atoms with Crippen LogP contribution in [0.4, 0.5) is 9.59 Å². The molecule has 0 aromatic heterocycles. The third-order valence-corrected chi connectivity index (χ3v) is 21.0. The van der Waals surface area contributed by atoms with Gasteiger partial charge in [0.15, 0.2) is 11.5 Å². The standard InChI is InChI=1S/C75H89Cl2N11O18/c1-6-8-9-10-11-12-19-80-74(102)82-56(92)33-49-68(96)84-60-42-29-54(104-52-17-14-38(27-46(52)76)64(93)62(72(100)81-49)87-67(95)48(78-5)20-34(3)4)66(106-75(103)79-7-2)55(30-42)105-53-18-15-39(28-47(53)77)65(94)63-73(101)86-61(71(99)83-58-40-22-35-21-36(24-40)25-41(58)23-35)45-31-43(89)32-51(91)57(45)44-26-37(13-16-50(44)90)59(69(97)88-63)85-70(60)98/h13-18,26-32,34-36,40-41,48-49,58-65,78,89-91,93-94H,6-12,19-25,33H2,1-5H3,(H,79,103)(H,81,100)(H,83,99)(H,84,96)(H,85,98)(H,86,101)(H,87,95)(H,88,97)(H2,80,82,92,102)/t35?,36?,40?,41?,48-,49?,58?,59-,60?,61?,62?,63+,64-,65-/m1/s1. The average molecular weight is 1500 g/mol. The van der Waals surface area contributed by atoms with E-state index in [2.05, 4.69) is 65.4 Å². The molecule has 31 heteroatoms. The van der Waals surface area contributed by atoms with Crippen LogP contribution in [0.3, 0.4) is 0 Å². The van der Waals surface area contributed by atoms with Crippen molar-refractivity contribution in [1.82, 2.24) is 58.5 Å². The molecule has 14 rings (SSSR count). The van der Waals surface area contributed by atoms with E-state index in [0.717, 1.165) is 94.5 Å². The molecule has 15 bridgehead atoms. The number of carbonyl (C=O) groups excluding carboxylic acids is 10. The number of amides is 11. The van der Waals surface area contributed by atoms with E-state index in [1.54, 1.807) is 6.92 Å². The minimum absolute atomic E-state index is 0.0145. The number of phenolic OH excluding ortho intramolecular Hbond substituents is 3. The predicted molar refractivity (Wildman–Crippen MR) is 385 cm³/mol. The second-order valence-corrected chi connectivity index (χ2v) is 29.3. The van der Waals surface area contributed by atoms with Crippen molar-refractivity contribution in [3.63, 3.8) is 0 Å². The van der Waals surface area contributed by atoms with Crippen LogP contribution in [-0.2, 0) is 38.4 Å². The molecule has 5 aliphatic heterocycles. The first-order valence-corrected chi connectivity index (χ1v) is 36.7. The summed E-state index contributed by atoms with van der Waals surface area (Å²) in [5.41, 5.74) is -1.79. The van der Waals surface area contributed by atoms with E-state index in [1.165, 1.54) is 55.6 Å². The first-order chi connectivity index (χ1) is 50.7. The van der Waals surface area contributed by atoms with E-state index in [4.69, 9.17) is 37.4 Å². The highest BCUT2D eigenvalue weighted by molar-refractivity contribution is 6.32. The Morgan fingerprint density at radius 3 is 1.84 bits per heavy atom. The predicted octanol–water partition coefficient (Wildman–Crippen LogP) is 7.36. The number of carbonyl (C=O) groups is 10. The molecule has 5 aromatic rings. The van der Waals surface area contributed by atoms with E-state index in [9.17, 15) is 44.7 Å². The van der Waals surface area contributed by atoms with E-state index in [0.29, 0.717) is 18.3 Å². The summed E-state index contributed by atoms with van der Waals surface area (Å²) in [6, 6.07) is 0.198. The van der Waals surface area contributed by atoms with Gasteiger partial charge in [-0.1, -0.05) is 94.3 Å². The topological polar surface area (TPSA) is 432 Å². The fraction of sp³-hybridized carbons (Fsp3) is 0.467. The summed E-state index contributed by atoms with van der Waals surface area (Å²) in [7, 11) is 1.50. The van der Waals surface area contributed by atoms with Gasteiger partial charge in [0.2, 0.25) is 53.0 Å². The van der Waals surface area contributed by atoms with Gasteiger partial charge in [0.05, 0.1) is 22.5 Å². The first kappa shape index (κ1) is 77.2. The van der Waals surface area contributed by atoms with E-state index in [-0.39, 0.29) is 104 Å². The number of phenols is 3. The number of benzene rings is 5. The molecule has 106 heavy (non-hydrogen) atoms. The number of fused-ring (bicyclic) bond motifs is 15. The normalized spacial score (nSPS) is 24.8. The van der Waals surface area contributed by atoms with Gasteiger partial charge in [-0.05, 0) is 171 Å². The minimum Gasteiger partial charge on any atom is -0.508 e. The van der Waals surface area contributed by atoms with Crippen molar-refractivity contribution in [2.75, 3.05) is 20.1 Å². The Labute approximate surface area is 621 Å². The summed E-state index contributed by atoms with van der Waals surface area (Å²) in [5.74, 6) is -12.2. The number of aliphatic hydroxyl groups is 2. The van der Waals surface area contributed by atoms with Crippen molar-refractivity contribution in [1.29, 1.82) is 0 Å². The number of nitrogens with one attached hydrogen (secondary N) is 11. The number of rotatable bonds is 18. The van der Waals surface area contributed by atoms with E-state index < -0.39 is 155 Å². The Hall–Kier alpha value is -9.94. The second-order valence-electron chi connectivity index (χ2n) is 28.5. The van der Waals surface area contributed by atoms with Gasteiger partial charge in [0, 0.05) is 36.3 Å². The van der Waals surface area contributed by atoms with Crippen molar-refractivity contribution < 1.29 is 87.7 Å². The highest BCUT2D eigenvalue weighted by Gasteiger charge is 2.50. The maximum atomic E-state index is 16.2. The Morgan fingerprint density at radius 1 is 0.613 bits per heavy atom. The third-order valence-electron chi connectivity index (χ3n) is 20.4. The van der Waals surface area contributed by atoms with Crippen molar-refractivity contribution in [3.05, 3.63) is 117 Å². The van der Waals surface area contributed by atoms with E-state index >= 15 is 28.8 Å². The van der Waals surface area contributed by atoms with Gasteiger partial charge >= 0.3 is 12.1 Å².